The summed E-state index contributed by atoms with van der Waals surface area (Å²) in [6.45, 7) is 0.253. The van der Waals surface area contributed by atoms with Crippen LogP contribution in [0.1, 0.15) is 50.7 Å². The maximum atomic E-state index is 14.3. The molecule has 296 valence electrons. The number of nitrogens with one attached hydrogen (secondary N) is 1. The number of aromatic hydroxyl groups is 2. The van der Waals surface area contributed by atoms with Crippen molar-refractivity contribution >= 4 is 61.4 Å². The number of imide groups is 1. The minimum atomic E-state index is -4.67. The number of nitrogens with two attached hydrogens (primary N) is 1. The highest BCUT2D eigenvalue weighted by atomic mass is 35.5. The predicted octanol–water partition coefficient (Wildman–Crippen LogP) is 1.70. The summed E-state index contributed by atoms with van der Waals surface area (Å²) in [4.78, 5) is 79.2. The molecule has 3 aromatic carbocycles. The first-order chi connectivity index (χ1) is 26.4. The second kappa shape index (κ2) is 15.6. The number of halogens is 3. The molecule has 56 heavy (non-hydrogen) atoms. The molecule has 2 saturated heterocycles. The summed E-state index contributed by atoms with van der Waals surface area (Å²) in [6, 6.07) is 4.25. The van der Waals surface area contributed by atoms with Crippen molar-refractivity contribution in [3.8, 4) is 17.2 Å². The number of phenolic OH excluding ortho intramolecular Hbond substituents is 2. The maximum absolute atomic E-state index is 14.3. The SMILES string of the molecule is N/C(=N\[C@H]1Cc2ccc(F)c(C(=O)O)c2OB1O)[C@H](NC(=O)N1CCN(C2CCN(C(=O)c3cc(F)c(O)c(O)c3Cl)CC2)C1=O)c1ccc(P(=O)(O)O)cc1. The molecule has 0 saturated carbocycles. The zero-order chi connectivity index (χ0) is 40.8. The van der Waals surface area contributed by atoms with E-state index in [1.807, 2.05) is 0 Å². The van der Waals surface area contributed by atoms with Gasteiger partial charge in [0, 0.05) is 32.2 Å². The molecule has 6 rings (SSSR count). The number of hydrogen-bond donors (Lipinski definition) is 8. The van der Waals surface area contributed by atoms with Crippen LogP contribution in [0.15, 0.2) is 47.5 Å². The van der Waals surface area contributed by atoms with Crippen LogP contribution >= 0.6 is 19.2 Å². The number of aliphatic imine (C=N–C) groups is 1. The minimum absolute atomic E-state index is 0.0686. The van der Waals surface area contributed by atoms with Crippen molar-refractivity contribution < 1.29 is 67.3 Å². The molecule has 0 bridgehead atoms. The van der Waals surface area contributed by atoms with Gasteiger partial charge in [0.15, 0.2) is 17.3 Å². The molecule has 3 heterocycles. The monoisotopic (exact) mass is 820 g/mol. The molecule has 0 aliphatic carbocycles. The van der Waals surface area contributed by atoms with Crippen LogP contribution in [0.25, 0.3) is 0 Å². The fourth-order valence-corrected chi connectivity index (χ4v) is 7.54. The molecule has 0 spiro atoms. The topological polar surface area (TPSA) is 276 Å². The van der Waals surface area contributed by atoms with E-state index in [0.29, 0.717) is 6.07 Å². The summed E-state index contributed by atoms with van der Waals surface area (Å²) >= 11 is 5.98. The summed E-state index contributed by atoms with van der Waals surface area (Å²) < 4.78 is 45.5. The number of amides is 5. The van der Waals surface area contributed by atoms with Gasteiger partial charge in [0.05, 0.1) is 15.9 Å². The zero-order valence-electron chi connectivity index (χ0n) is 28.9. The summed E-state index contributed by atoms with van der Waals surface area (Å²) in [5, 5.41) is 41.4. The summed E-state index contributed by atoms with van der Waals surface area (Å²) in [5.74, 6) is -8.64. The number of carboxylic acid groups (broad SMARTS) is 1. The number of carboxylic acids is 1. The van der Waals surface area contributed by atoms with Crippen LogP contribution in [0.2, 0.25) is 5.02 Å². The van der Waals surface area contributed by atoms with Gasteiger partial charge in [-0.1, -0.05) is 29.8 Å². The van der Waals surface area contributed by atoms with Crippen LogP contribution in [-0.4, -0.2) is 120 Å². The van der Waals surface area contributed by atoms with Gasteiger partial charge in [-0.25, -0.2) is 28.1 Å². The molecule has 2 atom stereocenters. The lowest BCUT2D eigenvalue weighted by atomic mass is 9.72. The van der Waals surface area contributed by atoms with Crippen LogP contribution < -0.4 is 21.0 Å². The maximum Gasteiger partial charge on any atom is 0.549 e. The molecule has 3 aromatic rings. The molecular formula is C33H33BClF2N6O12P. The Kier molecular flexibility index (Phi) is 11.2. The lowest BCUT2D eigenvalue weighted by Gasteiger charge is -2.36. The summed E-state index contributed by atoms with van der Waals surface area (Å²) in [7, 11) is -6.48. The minimum Gasteiger partial charge on any atom is -0.534 e. The number of amidine groups is 1. The Hall–Kier alpha value is -5.47. The lowest BCUT2D eigenvalue weighted by Crippen LogP contribution is -2.51. The van der Waals surface area contributed by atoms with Crippen molar-refractivity contribution in [2.24, 2.45) is 10.7 Å². The summed E-state index contributed by atoms with van der Waals surface area (Å²) in [5.41, 5.74) is 5.61. The Morgan fingerprint density at radius 3 is 2.30 bits per heavy atom. The van der Waals surface area contributed by atoms with E-state index in [0.717, 1.165) is 23.1 Å². The van der Waals surface area contributed by atoms with Crippen molar-refractivity contribution in [3.05, 3.63) is 81.4 Å². The number of rotatable bonds is 8. The van der Waals surface area contributed by atoms with Crippen molar-refractivity contribution in [1.29, 1.82) is 0 Å². The molecular weight excluding hydrogens is 788 g/mol. The predicted molar refractivity (Wildman–Crippen MR) is 193 cm³/mol. The molecule has 0 unspecified atom stereocenters. The number of likely N-dealkylation sites (tertiary alicyclic amines) is 1. The third-order valence-electron chi connectivity index (χ3n) is 9.72. The first kappa shape index (κ1) is 40.2. The number of phenols is 2. The van der Waals surface area contributed by atoms with Gasteiger partial charge in [-0.2, -0.15) is 0 Å². The third kappa shape index (κ3) is 7.81. The van der Waals surface area contributed by atoms with E-state index in [-0.39, 0.29) is 79.0 Å². The number of nitrogens with zero attached hydrogens (tertiary/aromatic N) is 4. The first-order valence-corrected chi connectivity index (χ1v) is 18.8. The fourth-order valence-electron chi connectivity index (χ4n) is 6.78. The Balaban J connectivity index is 1.17. The number of urea groups is 2. The first-order valence-electron chi connectivity index (χ1n) is 16.8. The average molecular weight is 821 g/mol. The number of aromatic carboxylic acids is 1. The Bertz CT molecular complexity index is 2190. The molecule has 3 aliphatic heterocycles. The van der Waals surface area contributed by atoms with Crippen LogP contribution in [-0.2, 0) is 11.0 Å². The van der Waals surface area contributed by atoms with Gasteiger partial charge >= 0.3 is 32.7 Å². The fraction of sp³-hybridized carbons (Fsp3) is 0.303. The van der Waals surface area contributed by atoms with Crippen molar-refractivity contribution in [2.45, 2.75) is 37.3 Å². The number of benzene rings is 3. The van der Waals surface area contributed by atoms with E-state index in [9.17, 15) is 62.7 Å². The van der Waals surface area contributed by atoms with E-state index >= 15 is 0 Å². The van der Waals surface area contributed by atoms with Gasteiger partial charge < -0.3 is 55.6 Å². The second-order valence-corrected chi connectivity index (χ2v) is 15.1. The van der Waals surface area contributed by atoms with Gasteiger partial charge in [-0.3, -0.25) is 14.4 Å². The molecule has 9 N–H and O–H groups in total. The Morgan fingerprint density at radius 2 is 1.68 bits per heavy atom. The Morgan fingerprint density at radius 1 is 1.02 bits per heavy atom. The van der Waals surface area contributed by atoms with Crippen molar-refractivity contribution in [2.75, 3.05) is 26.2 Å². The highest BCUT2D eigenvalue weighted by molar-refractivity contribution is 7.60. The van der Waals surface area contributed by atoms with Crippen molar-refractivity contribution in [3.63, 3.8) is 0 Å². The van der Waals surface area contributed by atoms with Gasteiger partial charge in [-0.15, -0.1) is 0 Å². The third-order valence-corrected chi connectivity index (χ3v) is 11.1. The van der Waals surface area contributed by atoms with Crippen LogP contribution in [0.5, 0.6) is 17.2 Å². The molecule has 5 amide bonds. The largest absolute Gasteiger partial charge is 0.549 e. The Labute approximate surface area is 321 Å². The van der Waals surface area contributed by atoms with E-state index < -0.39 is 90.4 Å². The van der Waals surface area contributed by atoms with Gasteiger partial charge in [-0.05, 0) is 54.7 Å². The van der Waals surface area contributed by atoms with Crippen molar-refractivity contribution in [1.82, 2.24) is 20.0 Å². The molecule has 0 aromatic heterocycles. The van der Waals surface area contributed by atoms with Gasteiger partial charge in [0.1, 0.15) is 34.9 Å². The lowest BCUT2D eigenvalue weighted by molar-refractivity contribution is 0.0660. The average Bonchev–Trinajstić information content (AvgIpc) is 3.55. The standard InChI is InChI=1S/C33H33BClF2N6O12P/c35-24-19(14-21(37)26(44)27(24)45)30(46)41-9-7-17(8-10-41)42-11-12-43(33(42)50)32(49)40-25(15-1-4-18(5-2-15)56(52,53)54)29(38)39-22-13-16-3-6-20(36)23(31(47)48)28(16)55-34(22)51/h1-6,14,17,22,25,44-45,51H,7-13H2,(H2,38,39)(H,40,49)(H,47,48)(H2,52,53,54)/t22-,25+/m0/s1. The zero-order valence-corrected chi connectivity index (χ0v) is 30.5. The van der Waals surface area contributed by atoms with Crippen LogP contribution in [0.3, 0.4) is 0 Å². The smallest absolute Gasteiger partial charge is 0.534 e. The van der Waals surface area contributed by atoms with E-state index in [1.54, 1.807) is 0 Å². The van der Waals surface area contributed by atoms with Gasteiger partial charge in [0.25, 0.3) is 5.91 Å². The van der Waals surface area contributed by atoms with E-state index in [2.05, 4.69) is 10.3 Å². The number of fused-ring (bicyclic) bond motifs is 1. The van der Waals surface area contributed by atoms with E-state index in [1.165, 1.54) is 28.0 Å². The molecule has 2 fully saturated rings. The highest BCUT2D eigenvalue weighted by Crippen LogP contribution is 2.39. The normalized spacial score (nSPS) is 18.4. The van der Waals surface area contributed by atoms with Crippen LogP contribution in [0, 0.1) is 11.6 Å². The highest BCUT2D eigenvalue weighted by Gasteiger charge is 2.42. The molecule has 18 nitrogen and oxygen atoms in total. The van der Waals surface area contributed by atoms with Crippen LogP contribution in [0.4, 0.5) is 18.4 Å². The number of piperidine rings is 1. The molecule has 3 aliphatic rings. The quantitative estimate of drug-likeness (QED) is 0.0529. The van der Waals surface area contributed by atoms with E-state index in [4.69, 9.17) is 22.0 Å². The molecule has 23 heteroatoms. The second-order valence-electron chi connectivity index (χ2n) is 13.1. The number of carbonyl (C=O) groups is 4. The number of hydrogen-bond acceptors (Lipinski definition) is 10. The van der Waals surface area contributed by atoms with Gasteiger partial charge in [0.2, 0.25) is 0 Å². The molecule has 0 radical (unpaired) electrons. The summed E-state index contributed by atoms with van der Waals surface area (Å²) in [6.07, 6.45) is 0.364. The number of carbonyl (C=O) groups excluding carboxylic acids is 3.